The molecule has 0 aromatic heterocycles. The number of benzene rings is 1. The molecule has 0 amide bonds. The zero-order valence-electron chi connectivity index (χ0n) is 14.8. The van der Waals surface area contributed by atoms with E-state index < -0.39 is 10.0 Å². The maximum absolute atomic E-state index is 11.5. The Morgan fingerprint density at radius 2 is 1.92 bits per heavy atom. The minimum absolute atomic E-state index is 0. The van der Waals surface area contributed by atoms with Crippen molar-refractivity contribution in [1.29, 1.82) is 0 Å². The lowest BCUT2D eigenvalue weighted by molar-refractivity contribution is 0.275. The van der Waals surface area contributed by atoms with Crippen LogP contribution < -0.4 is 10.6 Å². The molecule has 0 unspecified atom stereocenters. The smallest absolute Gasteiger partial charge is 0.211 e. The van der Waals surface area contributed by atoms with Crippen LogP contribution in [0, 0.1) is 5.92 Å². The number of halogens is 3. The summed E-state index contributed by atoms with van der Waals surface area (Å²) in [5.74, 6) is 1.12. The van der Waals surface area contributed by atoms with Crippen molar-refractivity contribution in [2.75, 3.05) is 32.9 Å². The lowest BCUT2D eigenvalue weighted by Crippen LogP contribution is -2.43. The summed E-state index contributed by atoms with van der Waals surface area (Å²) in [5.41, 5.74) is 0.940. The van der Waals surface area contributed by atoms with Crippen molar-refractivity contribution >= 4 is 63.2 Å². The highest BCUT2D eigenvalue weighted by molar-refractivity contribution is 14.0. The number of nitrogens with zero attached hydrogens (tertiary/aromatic N) is 2. The van der Waals surface area contributed by atoms with Crippen LogP contribution in [0.3, 0.4) is 0 Å². The van der Waals surface area contributed by atoms with Gasteiger partial charge in [0.05, 0.1) is 6.26 Å². The van der Waals surface area contributed by atoms with Crippen LogP contribution in [0.4, 0.5) is 0 Å². The van der Waals surface area contributed by atoms with E-state index in [9.17, 15) is 8.42 Å². The number of piperidine rings is 1. The molecule has 0 atom stereocenters. The molecule has 1 fully saturated rings. The number of aliphatic imine (C=N–C) groups is 1. The van der Waals surface area contributed by atoms with Crippen molar-refractivity contribution in [3.63, 3.8) is 0 Å². The van der Waals surface area contributed by atoms with Gasteiger partial charge in [0.25, 0.3) is 0 Å². The van der Waals surface area contributed by atoms with E-state index >= 15 is 0 Å². The lowest BCUT2D eigenvalue weighted by atomic mass is 9.98. The molecular formula is C16H25Cl2IN4O2S. The average Bonchev–Trinajstić information content (AvgIpc) is 2.56. The van der Waals surface area contributed by atoms with E-state index in [0.29, 0.717) is 41.6 Å². The van der Waals surface area contributed by atoms with Gasteiger partial charge in [-0.3, -0.25) is 4.99 Å². The second kappa shape index (κ2) is 10.9. The molecule has 1 aliphatic heterocycles. The Bertz CT molecular complexity index is 723. The first-order valence-corrected chi connectivity index (χ1v) is 10.7. The zero-order chi connectivity index (χ0) is 18.4. The quantitative estimate of drug-likeness (QED) is 0.346. The fraction of sp³-hybridized carbons (Fsp3) is 0.562. The number of sulfonamides is 1. The SMILES string of the molecule is CN=C(NCc1ccc(Cl)cc1Cl)NCC1CCN(S(C)(=O)=O)CC1.I. The van der Waals surface area contributed by atoms with Gasteiger partial charge >= 0.3 is 0 Å². The first-order chi connectivity index (χ1) is 11.8. The van der Waals surface area contributed by atoms with E-state index in [0.717, 1.165) is 24.9 Å². The molecule has 0 spiro atoms. The van der Waals surface area contributed by atoms with Gasteiger partial charge in [0.15, 0.2) is 5.96 Å². The summed E-state index contributed by atoms with van der Waals surface area (Å²) in [6, 6.07) is 5.40. The third-order valence-electron chi connectivity index (χ3n) is 4.29. The highest BCUT2D eigenvalue weighted by Crippen LogP contribution is 2.21. The summed E-state index contributed by atoms with van der Waals surface area (Å²) >= 11 is 12.1. The van der Waals surface area contributed by atoms with E-state index in [4.69, 9.17) is 23.2 Å². The second-order valence-electron chi connectivity index (χ2n) is 6.15. The molecule has 0 aliphatic carbocycles. The molecule has 148 valence electrons. The van der Waals surface area contributed by atoms with Crippen LogP contribution >= 0.6 is 47.2 Å². The summed E-state index contributed by atoms with van der Waals surface area (Å²) in [4.78, 5) is 4.21. The number of rotatable bonds is 5. The molecule has 1 heterocycles. The van der Waals surface area contributed by atoms with Gasteiger partial charge in [-0.2, -0.15) is 0 Å². The average molecular weight is 535 g/mol. The maximum Gasteiger partial charge on any atom is 0.211 e. The maximum atomic E-state index is 11.5. The molecule has 10 heteroatoms. The summed E-state index contributed by atoms with van der Waals surface area (Å²) in [6.07, 6.45) is 2.96. The van der Waals surface area contributed by atoms with E-state index in [-0.39, 0.29) is 24.0 Å². The first-order valence-electron chi connectivity index (χ1n) is 8.13. The first kappa shape index (κ1) is 23.7. The van der Waals surface area contributed by atoms with Crippen LogP contribution in [-0.4, -0.2) is 51.6 Å². The van der Waals surface area contributed by atoms with E-state index in [2.05, 4.69) is 15.6 Å². The summed E-state index contributed by atoms with van der Waals surface area (Å²) in [5, 5.41) is 7.74. The fourth-order valence-corrected chi connectivity index (χ4v) is 4.10. The van der Waals surface area contributed by atoms with Gasteiger partial charge in [-0.05, 0) is 36.5 Å². The van der Waals surface area contributed by atoms with Crippen LogP contribution in [0.5, 0.6) is 0 Å². The lowest BCUT2D eigenvalue weighted by Gasteiger charge is -2.30. The Morgan fingerprint density at radius 1 is 1.27 bits per heavy atom. The summed E-state index contributed by atoms with van der Waals surface area (Å²) < 4.78 is 24.6. The molecule has 0 saturated carbocycles. The van der Waals surface area contributed by atoms with Crippen molar-refractivity contribution in [2.45, 2.75) is 19.4 Å². The van der Waals surface area contributed by atoms with Gasteiger partial charge in [-0.15, -0.1) is 24.0 Å². The van der Waals surface area contributed by atoms with Gasteiger partial charge < -0.3 is 10.6 Å². The van der Waals surface area contributed by atoms with Gasteiger partial charge in [0.2, 0.25) is 10.0 Å². The van der Waals surface area contributed by atoms with Gasteiger partial charge in [0, 0.05) is 43.3 Å². The van der Waals surface area contributed by atoms with Crippen molar-refractivity contribution < 1.29 is 8.42 Å². The van der Waals surface area contributed by atoms with Crippen molar-refractivity contribution in [3.05, 3.63) is 33.8 Å². The minimum Gasteiger partial charge on any atom is -0.356 e. The number of nitrogens with one attached hydrogen (secondary N) is 2. The number of guanidine groups is 1. The molecule has 1 saturated heterocycles. The van der Waals surface area contributed by atoms with E-state index in [1.54, 1.807) is 23.5 Å². The molecule has 1 aliphatic rings. The molecule has 0 radical (unpaired) electrons. The zero-order valence-corrected chi connectivity index (χ0v) is 19.5. The number of hydrogen-bond acceptors (Lipinski definition) is 3. The Morgan fingerprint density at radius 3 is 2.46 bits per heavy atom. The monoisotopic (exact) mass is 534 g/mol. The van der Waals surface area contributed by atoms with Crippen LogP contribution in [0.25, 0.3) is 0 Å². The Hall–Kier alpha value is -0.290. The normalized spacial score (nSPS) is 16.8. The highest BCUT2D eigenvalue weighted by Gasteiger charge is 2.24. The van der Waals surface area contributed by atoms with Crippen LogP contribution in [0.2, 0.25) is 10.0 Å². The Kier molecular flexibility index (Phi) is 9.95. The third kappa shape index (κ3) is 7.38. The molecule has 26 heavy (non-hydrogen) atoms. The number of hydrogen-bond donors (Lipinski definition) is 2. The fourth-order valence-electron chi connectivity index (χ4n) is 2.75. The Balaban J connectivity index is 0.00000338. The van der Waals surface area contributed by atoms with Crippen LogP contribution in [-0.2, 0) is 16.6 Å². The molecule has 2 N–H and O–H groups in total. The highest BCUT2D eigenvalue weighted by atomic mass is 127. The molecule has 1 aromatic carbocycles. The minimum atomic E-state index is -3.08. The van der Waals surface area contributed by atoms with Crippen molar-refractivity contribution in [1.82, 2.24) is 14.9 Å². The molecular weight excluding hydrogens is 510 g/mol. The summed E-state index contributed by atoms with van der Waals surface area (Å²) in [7, 11) is -1.36. The molecule has 0 bridgehead atoms. The predicted octanol–water partition coefficient (Wildman–Crippen LogP) is 2.95. The molecule has 6 nitrogen and oxygen atoms in total. The van der Waals surface area contributed by atoms with Crippen molar-refractivity contribution in [3.8, 4) is 0 Å². The second-order valence-corrected chi connectivity index (χ2v) is 8.97. The third-order valence-corrected chi connectivity index (χ3v) is 6.18. The Labute approximate surface area is 182 Å². The van der Waals surface area contributed by atoms with Crippen molar-refractivity contribution in [2.24, 2.45) is 10.9 Å². The van der Waals surface area contributed by atoms with Crippen LogP contribution in [0.15, 0.2) is 23.2 Å². The summed E-state index contributed by atoms with van der Waals surface area (Å²) in [6.45, 7) is 2.46. The topological polar surface area (TPSA) is 73.8 Å². The van der Waals surface area contributed by atoms with Gasteiger partial charge in [-0.25, -0.2) is 12.7 Å². The van der Waals surface area contributed by atoms with E-state index in [1.807, 2.05) is 6.07 Å². The van der Waals surface area contributed by atoms with Crippen LogP contribution in [0.1, 0.15) is 18.4 Å². The van der Waals surface area contributed by atoms with Gasteiger partial charge in [-0.1, -0.05) is 29.3 Å². The standard InChI is InChI=1S/C16H24Cl2N4O2S.HI/c1-19-16(21-11-13-3-4-14(17)9-15(13)18)20-10-12-5-7-22(8-6-12)25(2,23)24;/h3-4,9,12H,5-8,10-11H2,1-2H3,(H2,19,20,21);1H. The van der Waals surface area contributed by atoms with E-state index in [1.165, 1.54) is 6.26 Å². The largest absolute Gasteiger partial charge is 0.356 e. The molecule has 1 aromatic rings. The van der Waals surface area contributed by atoms with Gasteiger partial charge in [0.1, 0.15) is 0 Å². The molecule has 2 rings (SSSR count). The predicted molar refractivity (Wildman–Crippen MR) is 119 cm³/mol.